The summed E-state index contributed by atoms with van der Waals surface area (Å²) in [6.07, 6.45) is -4.55. The number of sulfonamides is 1. The lowest BCUT2D eigenvalue weighted by atomic mass is 9.78. The van der Waals surface area contributed by atoms with E-state index in [2.05, 4.69) is 17.0 Å². The molecule has 0 aliphatic carbocycles. The van der Waals surface area contributed by atoms with Gasteiger partial charge in [0.05, 0.1) is 33.9 Å². The van der Waals surface area contributed by atoms with E-state index < -0.39 is 51.1 Å². The fourth-order valence-corrected chi connectivity index (χ4v) is 7.48. The Morgan fingerprint density at radius 2 is 1.57 bits per heavy atom. The van der Waals surface area contributed by atoms with Gasteiger partial charge in [0.25, 0.3) is 10.0 Å². The first-order chi connectivity index (χ1) is 20.6. The SMILES string of the molecule is CC1(C)OB(c2ccc3c(c2)N(S(=O)(=O)c2cccc(C(F)(F)F)c2)CC(CC2CN(Cc4ccccc4)C2)O3)OC1(C)C. The van der Waals surface area contributed by atoms with Crippen LogP contribution in [0.4, 0.5) is 18.9 Å². The van der Waals surface area contributed by atoms with Crippen molar-refractivity contribution in [1.82, 2.24) is 4.90 Å². The number of hydrogen-bond acceptors (Lipinski definition) is 6. The molecule has 0 spiro atoms. The maximum absolute atomic E-state index is 14.1. The van der Waals surface area contributed by atoms with Crippen LogP contribution in [0.15, 0.2) is 77.7 Å². The molecule has 2 fully saturated rings. The smallest absolute Gasteiger partial charge is 0.486 e. The molecule has 0 N–H and O–H groups in total. The Hall–Kier alpha value is -3.06. The Kier molecular flexibility index (Phi) is 7.79. The zero-order valence-electron chi connectivity index (χ0n) is 25.2. The first-order valence-electron chi connectivity index (χ1n) is 14.7. The van der Waals surface area contributed by atoms with Crippen molar-refractivity contribution < 1.29 is 35.6 Å². The van der Waals surface area contributed by atoms with Gasteiger partial charge in [-0.25, -0.2) is 8.42 Å². The van der Waals surface area contributed by atoms with E-state index >= 15 is 0 Å². The van der Waals surface area contributed by atoms with Crippen LogP contribution < -0.4 is 14.5 Å². The van der Waals surface area contributed by atoms with Crippen molar-refractivity contribution in [3.63, 3.8) is 0 Å². The topological polar surface area (TPSA) is 68.3 Å². The van der Waals surface area contributed by atoms with Gasteiger partial charge in [0, 0.05) is 19.6 Å². The molecule has 0 bridgehead atoms. The molecule has 1 atom stereocenters. The van der Waals surface area contributed by atoms with Crippen molar-refractivity contribution in [3.8, 4) is 5.75 Å². The van der Waals surface area contributed by atoms with Crippen molar-refractivity contribution in [2.75, 3.05) is 23.9 Å². The molecule has 1 unspecified atom stereocenters. The van der Waals surface area contributed by atoms with Gasteiger partial charge in [-0.15, -0.1) is 0 Å². The predicted octanol–water partition coefficient (Wildman–Crippen LogP) is 5.48. The van der Waals surface area contributed by atoms with E-state index in [0.717, 1.165) is 31.8 Å². The number of fused-ring (bicyclic) bond motifs is 1. The highest BCUT2D eigenvalue weighted by atomic mass is 32.2. The summed E-state index contributed by atoms with van der Waals surface area (Å²) in [5.41, 5.74) is -0.200. The van der Waals surface area contributed by atoms with E-state index in [1.54, 1.807) is 18.2 Å². The van der Waals surface area contributed by atoms with Gasteiger partial charge in [-0.2, -0.15) is 13.2 Å². The second-order valence-corrected chi connectivity index (χ2v) is 14.8. The minimum Gasteiger partial charge on any atom is -0.486 e. The quantitative estimate of drug-likeness (QED) is 0.323. The van der Waals surface area contributed by atoms with Gasteiger partial charge in [0.15, 0.2) is 0 Å². The maximum Gasteiger partial charge on any atom is 0.494 e. The first-order valence-corrected chi connectivity index (χ1v) is 16.2. The summed E-state index contributed by atoms with van der Waals surface area (Å²) < 4.78 is 88.7. The molecule has 0 radical (unpaired) electrons. The summed E-state index contributed by atoms with van der Waals surface area (Å²) in [5.74, 6) is 0.643. The van der Waals surface area contributed by atoms with Gasteiger partial charge in [0.2, 0.25) is 0 Å². The van der Waals surface area contributed by atoms with Crippen LogP contribution in [0.1, 0.15) is 45.2 Å². The fourth-order valence-electron chi connectivity index (χ4n) is 5.93. The summed E-state index contributed by atoms with van der Waals surface area (Å²) in [6, 6.07) is 19.2. The van der Waals surface area contributed by atoms with E-state index in [9.17, 15) is 21.6 Å². The van der Waals surface area contributed by atoms with Gasteiger partial charge in [-0.1, -0.05) is 42.5 Å². The highest BCUT2D eigenvalue weighted by Gasteiger charge is 2.52. The third-order valence-corrected chi connectivity index (χ3v) is 10.8. The van der Waals surface area contributed by atoms with E-state index in [-0.39, 0.29) is 12.2 Å². The number of halogens is 3. The summed E-state index contributed by atoms with van der Waals surface area (Å²) >= 11 is 0. The number of rotatable bonds is 7. The molecule has 3 heterocycles. The van der Waals surface area contributed by atoms with E-state index in [1.165, 1.54) is 15.9 Å². The summed E-state index contributed by atoms with van der Waals surface area (Å²) in [6.45, 7) is 10.2. The van der Waals surface area contributed by atoms with Gasteiger partial charge < -0.3 is 14.0 Å². The van der Waals surface area contributed by atoms with Gasteiger partial charge in [-0.05, 0) is 81.4 Å². The first kappa shape index (κ1) is 30.9. The number of alkyl halides is 3. The number of benzene rings is 3. The highest BCUT2D eigenvalue weighted by molar-refractivity contribution is 7.92. The molecule has 3 aliphatic rings. The Balaban J connectivity index is 1.28. The fraction of sp³-hybridized carbons (Fsp3) is 0.438. The zero-order chi connectivity index (χ0) is 31.5. The van der Waals surface area contributed by atoms with Crippen LogP contribution in [-0.2, 0) is 32.1 Å². The van der Waals surface area contributed by atoms with Crippen molar-refractivity contribution >= 4 is 28.3 Å². The molecule has 0 aromatic heterocycles. The summed E-state index contributed by atoms with van der Waals surface area (Å²) in [4.78, 5) is 1.89. The molecule has 3 aliphatic heterocycles. The average molecular weight is 629 g/mol. The van der Waals surface area contributed by atoms with Crippen molar-refractivity contribution in [2.24, 2.45) is 5.92 Å². The monoisotopic (exact) mass is 628 g/mol. The molecule has 6 rings (SSSR count). The van der Waals surface area contributed by atoms with Crippen LogP contribution in [0.3, 0.4) is 0 Å². The minimum atomic E-state index is -4.68. The Bertz CT molecular complexity index is 1610. The minimum absolute atomic E-state index is 0.0341. The highest BCUT2D eigenvalue weighted by Crippen LogP contribution is 2.41. The lowest BCUT2D eigenvalue weighted by molar-refractivity contribution is -0.137. The molecule has 0 amide bonds. The third kappa shape index (κ3) is 5.97. The van der Waals surface area contributed by atoms with E-state index in [0.29, 0.717) is 29.6 Å². The molecule has 0 saturated carbocycles. The van der Waals surface area contributed by atoms with E-state index in [4.69, 9.17) is 14.0 Å². The van der Waals surface area contributed by atoms with Crippen molar-refractivity contribution in [2.45, 2.75) is 69.0 Å². The molecule has 44 heavy (non-hydrogen) atoms. The molecule has 234 valence electrons. The lowest BCUT2D eigenvalue weighted by Gasteiger charge is -2.43. The molecule has 7 nitrogen and oxygen atoms in total. The average Bonchev–Trinajstić information content (AvgIpc) is 3.17. The van der Waals surface area contributed by atoms with Crippen LogP contribution in [-0.4, -0.2) is 57.4 Å². The Morgan fingerprint density at radius 3 is 2.23 bits per heavy atom. The largest absolute Gasteiger partial charge is 0.494 e. The van der Waals surface area contributed by atoms with Crippen molar-refractivity contribution in [3.05, 3.63) is 83.9 Å². The van der Waals surface area contributed by atoms with Crippen molar-refractivity contribution in [1.29, 1.82) is 0 Å². The summed E-state index contributed by atoms with van der Waals surface area (Å²) in [7, 11) is -5.15. The number of hydrogen-bond donors (Lipinski definition) is 0. The Morgan fingerprint density at radius 1 is 0.886 bits per heavy atom. The zero-order valence-corrected chi connectivity index (χ0v) is 26.0. The molecular formula is C32H36BF3N2O5S. The lowest BCUT2D eigenvalue weighted by Crippen LogP contribution is -2.51. The van der Waals surface area contributed by atoms with Crippen LogP contribution in [0.5, 0.6) is 5.75 Å². The van der Waals surface area contributed by atoms with Crippen LogP contribution in [0.2, 0.25) is 0 Å². The molecule has 2 saturated heterocycles. The van der Waals surface area contributed by atoms with Gasteiger partial charge in [0.1, 0.15) is 11.9 Å². The van der Waals surface area contributed by atoms with Crippen LogP contribution in [0, 0.1) is 5.92 Å². The normalized spacial score (nSPS) is 21.9. The molecule has 12 heteroatoms. The van der Waals surface area contributed by atoms with Gasteiger partial charge in [-0.3, -0.25) is 9.21 Å². The maximum atomic E-state index is 14.1. The molecule has 3 aromatic rings. The predicted molar refractivity (Wildman–Crippen MR) is 162 cm³/mol. The number of anilines is 1. The number of nitrogens with zero attached hydrogens (tertiary/aromatic N) is 2. The standard InChI is InChI=1S/C32H36BF3N2O5S/c1-30(2)31(3,4)43-33(42-30)25-13-14-29-28(17-25)38(44(39,40)27-12-8-11-24(16-27)32(34,35)36)21-26(41-29)15-23-19-37(20-23)18-22-9-6-5-7-10-22/h5-14,16-17,23,26H,15,18-21H2,1-4H3. The Labute approximate surface area is 257 Å². The summed E-state index contributed by atoms with van der Waals surface area (Å²) in [5, 5.41) is 0. The van der Waals surface area contributed by atoms with E-state index in [1.807, 2.05) is 45.9 Å². The number of ether oxygens (including phenoxy) is 1. The molecule has 3 aromatic carbocycles. The number of likely N-dealkylation sites (tertiary alicyclic amines) is 1. The van der Waals surface area contributed by atoms with Crippen LogP contribution in [0.25, 0.3) is 0 Å². The second-order valence-electron chi connectivity index (χ2n) is 12.9. The molecular weight excluding hydrogens is 592 g/mol. The third-order valence-electron chi connectivity index (χ3n) is 9.07. The van der Waals surface area contributed by atoms with Gasteiger partial charge >= 0.3 is 13.3 Å². The van der Waals surface area contributed by atoms with Crippen LogP contribution >= 0.6 is 0 Å². The second kappa shape index (κ2) is 11.1.